The Morgan fingerprint density at radius 1 is 1.48 bits per heavy atom. The maximum absolute atomic E-state index is 12.8. The molecule has 5 nitrogen and oxygen atoms in total. The highest BCUT2D eigenvalue weighted by molar-refractivity contribution is 7.21. The smallest absolute Gasteiger partial charge is 0.266 e. The summed E-state index contributed by atoms with van der Waals surface area (Å²) in [5.74, 6) is -0.229. The maximum Gasteiger partial charge on any atom is 0.266 e. The lowest BCUT2D eigenvalue weighted by Crippen LogP contribution is -2.56. The summed E-state index contributed by atoms with van der Waals surface area (Å²) in [4.78, 5) is 26.8. The van der Waals surface area contributed by atoms with Crippen molar-refractivity contribution in [1.82, 2.24) is 10.2 Å². The molecule has 1 fully saturated rings. The van der Waals surface area contributed by atoms with Gasteiger partial charge in [0.2, 0.25) is 5.91 Å². The van der Waals surface area contributed by atoms with E-state index in [1.54, 1.807) is 4.90 Å². The molecule has 0 saturated carbocycles. The zero-order valence-electron chi connectivity index (χ0n) is 11.8. The van der Waals surface area contributed by atoms with E-state index in [0.717, 1.165) is 10.1 Å². The van der Waals surface area contributed by atoms with Gasteiger partial charge in [-0.15, -0.1) is 11.3 Å². The van der Waals surface area contributed by atoms with E-state index in [1.165, 1.54) is 11.3 Å². The number of rotatable bonds is 2. The van der Waals surface area contributed by atoms with E-state index in [2.05, 4.69) is 5.32 Å². The molecule has 0 radical (unpaired) electrons. The van der Waals surface area contributed by atoms with Gasteiger partial charge in [-0.2, -0.15) is 0 Å². The van der Waals surface area contributed by atoms with Gasteiger partial charge in [0.05, 0.1) is 5.69 Å². The average molecular weight is 303 g/mol. The number of thiophene rings is 1. The monoisotopic (exact) mass is 303 g/mol. The highest BCUT2D eigenvalue weighted by Gasteiger charge is 2.33. The fraction of sp³-hybridized carbons (Fsp3) is 0.333. The van der Waals surface area contributed by atoms with Crippen LogP contribution in [-0.4, -0.2) is 35.8 Å². The Morgan fingerprint density at radius 3 is 2.95 bits per heavy atom. The van der Waals surface area contributed by atoms with Crippen LogP contribution in [0.25, 0.3) is 10.1 Å². The van der Waals surface area contributed by atoms with Crippen LogP contribution in [0.5, 0.6) is 0 Å². The largest absolute Gasteiger partial charge is 0.397 e. The molecule has 3 N–H and O–H groups in total. The van der Waals surface area contributed by atoms with Crippen molar-refractivity contribution in [1.29, 1.82) is 0 Å². The first-order chi connectivity index (χ1) is 10.1. The Bertz CT molecular complexity index is 710. The van der Waals surface area contributed by atoms with E-state index >= 15 is 0 Å². The minimum atomic E-state index is -0.407. The molecule has 3 rings (SSSR count). The van der Waals surface area contributed by atoms with Crippen molar-refractivity contribution in [2.24, 2.45) is 0 Å². The quantitative estimate of drug-likeness (QED) is 0.889. The fourth-order valence-corrected chi connectivity index (χ4v) is 3.80. The Balaban J connectivity index is 1.99. The molecule has 0 spiro atoms. The number of anilines is 1. The van der Waals surface area contributed by atoms with Crippen LogP contribution < -0.4 is 11.1 Å². The molecule has 1 aromatic carbocycles. The third-order valence-corrected chi connectivity index (χ3v) is 4.98. The van der Waals surface area contributed by atoms with Gasteiger partial charge in [0.1, 0.15) is 10.9 Å². The molecule has 6 heteroatoms. The normalized spacial score (nSPS) is 18.8. The maximum atomic E-state index is 12.8. The van der Waals surface area contributed by atoms with E-state index in [-0.39, 0.29) is 11.8 Å². The number of nitrogens with one attached hydrogen (secondary N) is 1. The van der Waals surface area contributed by atoms with Gasteiger partial charge in [-0.25, -0.2) is 0 Å². The Morgan fingerprint density at radius 2 is 2.24 bits per heavy atom. The molecule has 21 heavy (non-hydrogen) atoms. The number of amides is 2. The first kappa shape index (κ1) is 13.9. The Hall–Kier alpha value is -2.08. The number of carbonyl (C=O) groups is 2. The molecule has 0 aliphatic carbocycles. The topological polar surface area (TPSA) is 75.4 Å². The summed E-state index contributed by atoms with van der Waals surface area (Å²) in [7, 11) is 0. The van der Waals surface area contributed by atoms with Crippen molar-refractivity contribution < 1.29 is 9.59 Å². The second-order valence-electron chi connectivity index (χ2n) is 5.05. The SMILES string of the molecule is CCC1C(=O)NCCN1C(=O)c1sc2ccccc2c1N. The summed E-state index contributed by atoms with van der Waals surface area (Å²) in [6.45, 7) is 2.92. The van der Waals surface area contributed by atoms with Gasteiger partial charge in [0.25, 0.3) is 5.91 Å². The van der Waals surface area contributed by atoms with Crippen LogP contribution in [0.3, 0.4) is 0 Å². The predicted octanol–water partition coefficient (Wildman–Crippen LogP) is 1.83. The number of piperazine rings is 1. The third kappa shape index (κ3) is 2.25. The van der Waals surface area contributed by atoms with Crippen molar-refractivity contribution in [2.45, 2.75) is 19.4 Å². The zero-order chi connectivity index (χ0) is 15.0. The lowest BCUT2D eigenvalue weighted by atomic mass is 10.1. The van der Waals surface area contributed by atoms with E-state index in [9.17, 15) is 9.59 Å². The number of benzene rings is 1. The van der Waals surface area contributed by atoms with Crippen LogP contribution >= 0.6 is 11.3 Å². The molecule has 2 aromatic rings. The van der Waals surface area contributed by atoms with E-state index in [0.29, 0.717) is 30.1 Å². The summed E-state index contributed by atoms with van der Waals surface area (Å²) >= 11 is 1.39. The molecule has 2 heterocycles. The molecule has 0 bridgehead atoms. The van der Waals surface area contributed by atoms with Gasteiger partial charge >= 0.3 is 0 Å². The number of hydrogen-bond donors (Lipinski definition) is 2. The Kier molecular flexibility index (Phi) is 3.55. The highest BCUT2D eigenvalue weighted by atomic mass is 32.1. The van der Waals surface area contributed by atoms with Crippen molar-refractivity contribution >= 4 is 38.9 Å². The van der Waals surface area contributed by atoms with Crippen LogP contribution in [0.4, 0.5) is 5.69 Å². The van der Waals surface area contributed by atoms with Gasteiger partial charge in [-0.3, -0.25) is 9.59 Å². The summed E-state index contributed by atoms with van der Waals surface area (Å²) in [6.07, 6.45) is 0.600. The lowest BCUT2D eigenvalue weighted by molar-refractivity contribution is -0.127. The highest BCUT2D eigenvalue weighted by Crippen LogP contribution is 2.34. The second kappa shape index (κ2) is 5.37. The van der Waals surface area contributed by atoms with Crippen molar-refractivity contribution in [3.05, 3.63) is 29.1 Å². The van der Waals surface area contributed by atoms with Crippen LogP contribution in [0.2, 0.25) is 0 Å². The summed E-state index contributed by atoms with van der Waals surface area (Å²) in [6, 6.07) is 7.29. The zero-order valence-corrected chi connectivity index (χ0v) is 12.6. The molecule has 1 saturated heterocycles. The summed E-state index contributed by atoms with van der Waals surface area (Å²) in [5, 5.41) is 3.70. The first-order valence-corrected chi connectivity index (χ1v) is 7.80. The molecule has 1 atom stereocenters. The van der Waals surface area contributed by atoms with E-state index in [4.69, 9.17) is 5.73 Å². The molecular weight excluding hydrogens is 286 g/mol. The minimum absolute atomic E-state index is 0.0863. The number of carbonyl (C=O) groups excluding carboxylic acids is 2. The molecule has 1 aliphatic rings. The number of hydrogen-bond acceptors (Lipinski definition) is 4. The summed E-state index contributed by atoms with van der Waals surface area (Å²) < 4.78 is 0.993. The first-order valence-electron chi connectivity index (χ1n) is 6.99. The van der Waals surface area contributed by atoms with Gasteiger partial charge in [-0.05, 0) is 12.5 Å². The van der Waals surface area contributed by atoms with Gasteiger partial charge < -0.3 is 16.0 Å². The summed E-state index contributed by atoms with van der Waals surface area (Å²) in [5.41, 5.74) is 6.65. The second-order valence-corrected chi connectivity index (χ2v) is 6.11. The van der Waals surface area contributed by atoms with Crippen LogP contribution in [0, 0.1) is 0 Å². The van der Waals surface area contributed by atoms with Gasteiger partial charge in [0, 0.05) is 23.2 Å². The van der Waals surface area contributed by atoms with Crippen molar-refractivity contribution in [3.8, 4) is 0 Å². The minimum Gasteiger partial charge on any atom is -0.397 e. The third-order valence-electron chi connectivity index (χ3n) is 3.81. The molecular formula is C15H17N3O2S. The predicted molar refractivity (Wildman–Crippen MR) is 84.4 cm³/mol. The van der Waals surface area contributed by atoms with Crippen LogP contribution in [0.15, 0.2) is 24.3 Å². The molecule has 110 valence electrons. The van der Waals surface area contributed by atoms with Gasteiger partial charge in [-0.1, -0.05) is 25.1 Å². The average Bonchev–Trinajstić information content (AvgIpc) is 2.84. The van der Waals surface area contributed by atoms with Crippen LogP contribution in [-0.2, 0) is 4.79 Å². The molecule has 2 amide bonds. The Labute approximate surface area is 126 Å². The fourth-order valence-electron chi connectivity index (χ4n) is 2.72. The van der Waals surface area contributed by atoms with E-state index in [1.807, 2.05) is 31.2 Å². The number of fused-ring (bicyclic) bond motifs is 1. The molecule has 1 unspecified atom stereocenters. The van der Waals surface area contributed by atoms with Crippen molar-refractivity contribution in [2.75, 3.05) is 18.8 Å². The standard InChI is InChI=1S/C15H17N3O2S/c1-2-10-14(19)17-7-8-18(10)15(20)13-12(16)9-5-3-4-6-11(9)21-13/h3-6,10H,2,7-8,16H2,1H3,(H,17,19). The lowest BCUT2D eigenvalue weighted by Gasteiger charge is -2.34. The number of nitrogens with zero attached hydrogens (tertiary/aromatic N) is 1. The van der Waals surface area contributed by atoms with E-state index < -0.39 is 6.04 Å². The molecule has 1 aromatic heterocycles. The number of nitrogens with two attached hydrogens (primary N) is 1. The molecule has 1 aliphatic heterocycles. The number of nitrogen functional groups attached to an aromatic ring is 1. The van der Waals surface area contributed by atoms with Crippen molar-refractivity contribution in [3.63, 3.8) is 0 Å². The van der Waals surface area contributed by atoms with Gasteiger partial charge in [0.15, 0.2) is 0 Å². The van der Waals surface area contributed by atoms with Crippen LogP contribution in [0.1, 0.15) is 23.0 Å².